The summed E-state index contributed by atoms with van der Waals surface area (Å²) in [6, 6.07) is 12.9. The second-order valence-corrected chi connectivity index (χ2v) is 8.35. The van der Waals surface area contributed by atoms with Crippen LogP contribution in [0.25, 0.3) is 16.9 Å². The van der Waals surface area contributed by atoms with E-state index in [0.29, 0.717) is 32.7 Å². The summed E-state index contributed by atoms with van der Waals surface area (Å²) >= 11 is 12.2. The lowest BCUT2D eigenvalue weighted by Crippen LogP contribution is -2.37. The molecule has 0 bridgehead atoms. The average molecular weight is 459 g/mol. The largest absolute Gasteiger partial charge is 0.348 e. The molecule has 3 aromatic rings. The van der Waals surface area contributed by atoms with Crippen LogP contribution in [0.2, 0.25) is 10.0 Å². The Morgan fingerprint density at radius 1 is 1.03 bits per heavy atom. The molecule has 31 heavy (non-hydrogen) atoms. The quantitative estimate of drug-likeness (QED) is 0.385. The number of nitro benzene ring substituents is 1. The fraction of sp³-hybridized carbons (Fsp3) is 0.273. The molecule has 1 N–H and O–H groups in total. The molecule has 1 aliphatic carbocycles. The van der Waals surface area contributed by atoms with Crippen LogP contribution in [0.3, 0.4) is 0 Å². The zero-order chi connectivity index (χ0) is 22.0. The maximum atomic E-state index is 13.1. The SMILES string of the molecule is O=C(NC1CCCCC1)c1cc(-c2ccc([N+](=O)[O-])cc2)nn1-c1ccc(Cl)c(Cl)c1. The number of benzene rings is 2. The second kappa shape index (κ2) is 9.08. The molecular formula is C22H20Cl2N4O3. The van der Waals surface area contributed by atoms with Crippen molar-refractivity contribution in [2.75, 3.05) is 0 Å². The predicted molar refractivity (Wildman–Crippen MR) is 120 cm³/mol. The molecule has 1 aromatic heterocycles. The van der Waals surface area contributed by atoms with Gasteiger partial charge in [-0.1, -0.05) is 42.5 Å². The van der Waals surface area contributed by atoms with Gasteiger partial charge in [0.1, 0.15) is 5.69 Å². The van der Waals surface area contributed by atoms with Gasteiger partial charge in [0.2, 0.25) is 0 Å². The molecule has 160 valence electrons. The highest BCUT2D eigenvalue weighted by Crippen LogP contribution is 2.28. The van der Waals surface area contributed by atoms with Crippen molar-refractivity contribution < 1.29 is 9.72 Å². The standard InChI is InChI=1S/C22H20Cl2N4O3/c23-18-11-10-17(12-19(18)24)27-21(22(29)25-15-4-2-1-3-5-15)13-20(26-27)14-6-8-16(9-7-14)28(30)31/h6-13,15H,1-5H2,(H,25,29). The number of aromatic nitrogens is 2. The number of amides is 1. The fourth-order valence-electron chi connectivity index (χ4n) is 3.76. The summed E-state index contributed by atoms with van der Waals surface area (Å²) in [7, 11) is 0. The summed E-state index contributed by atoms with van der Waals surface area (Å²) in [5, 5.41) is 19.4. The van der Waals surface area contributed by atoms with E-state index in [0.717, 1.165) is 25.7 Å². The van der Waals surface area contributed by atoms with Crippen molar-refractivity contribution in [1.82, 2.24) is 15.1 Å². The van der Waals surface area contributed by atoms with Gasteiger partial charge in [0.15, 0.2) is 0 Å². The van der Waals surface area contributed by atoms with Crippen LogP contribution in [0.1, 0.15) is 42.6 Å². The summed E-state index contributed by atoms with van der Waals surface area (Å²) in [6.07, 6.45) is 5.32. The van der Waals surface area contributed by atoms with Gasteiger partial charge in [0, 0.05) is 23.7 Å². The van der Waals surface area contributed by atoms with Gasteiger partial charge in [-0.2, -0.15) is 5.10 Å². The van der Waals surface area contributed by atoms with Crippen LogP contribution in [-0.4, -0.2) is 26.7 Å². The molecule has 0 atom stereocenters. The highest BCUT2D eigenvalue weighted by Gasteiger charge is 2.22. The molecule has 9 heteroatoms. The minimum absolute atomic E-state index is 0.0112. The van der Waals surface area contributed by atoms with Crippen molar-refractivity contribution in [3.05, 3.63) is 74.4 Å². The van der Waals surface area contributed by atoms with Gasteiger partial charge in [-0.15, -0.1) is 0 Å². The van der Waals surface area contributed by atoms with Crippen molar-refractivity contribution in [2.24, 2.45) is 0 Å². The molecule has 0 radical (unpaired) electrons. The van der Waals surface area contributed by atoms with Crippen molar-refractivity contribution in [1.29, 1.82) is 0 Å². The second-order valence-electron chi connectivity index (χ2n) is 7.54. The summed E-state index contributed by atoms with van der Waals surface area (Å²) in [5.74, 6) is -0.223. The molecule has 0 unspecified atom stereocenters. The third-order valence-corrected chi connectivity index (χ3v) is 6.14. The highest BCUT2D eigenvalue weighted by molar-refractivity contribution is 6.42. The number of rotatable bonds is 5. The molecule has 0 aliphatic heterocycles. The molecule has 2 aromatic carbocycles. The van der Waals surface area contributed by atoms with Gasteiger partial charge in [0.05, 0.1) is 26.3 Å². The van der Waals surface area contributed by atoms with Crippen LogP contribution in [0.15, 0.2) is 48.5 Å². The van der Waals surface area contributed by atoms with E-state index in [1.807, 2.05) is 0 Å². The van der Waals surface area contributed by atoms with E-state index in [1.54, 1.807) is 36.4 Å². The van der Waals surface area contributed by atoms with Crippen molar-refractivity contribution in [2.45, 2.75) is 38.1 Å². The lowest BCUT2D eigenvalue weighted by Gasteiger charge is -2.22. The first kappa shape index (κ1) is 21.3. The molecular weight excluding hydrogens is 439 g/mol. The smallest absolute Gasteiger partial charge is 0.270 e. The Bertz CT molecular complexity index is 1120. The van der Waals surface area contributed by atoms with Gasteiger partial charge in [-0.05, 0) is 49.2 Å². The number of nitrogens with one attached hydrogen (secondary N) is 1. The van der Waals surface area contributed by atoms with E-state index in [2.05, 4.69) is 10.4 Å². The lowest BCUT2D eigenvalue weighted by molar-refractivity contribution is -0.384. The van der Waals surface area contributed by atoms with Crippen LogP contribution in [-0.2, 0) is 0 Å². The summed E-state index contributed by atoms with van der Waals surface area (Å²) in [5.41, 5.74) is 2.13. The lowest BCUT2D eigenvalue weighted by atomic mass is 9.95. The molecule has 1 fully saturated rings. The third kappa shape index (κ3) is 4.73. The Labute approximate surface area is 189 Å². The Kier molecular flexibility index (Phi) is 6.25. The number of hydrogen-bond acceptors (Lipinski definition) is 4. The maximum absolute atomic E-state index is 13.1. The summed E-state index contributed by atoms with van der Waals surface area (Å²) in [6.45, 7) is 0. The maximum Gasteiger partial charge on any atom is 0.270 e. The van der Waals surface area contributed by atoms with E-state index in [1.165, 1.54) is 23.2 Å². The Morgan fingerprint density at radius 2 is 1.74 bits per heavy atom. The molecule has 0 saturated heterocycles. The molecule has 1 heterocycles. The van der Waals surface area contributed by atoms with Crippen molar-refractivity contribution in [3.63, 3.8) is 0 Å². The Hall–Kier alpha value is -2.90. The van der Waals surface area contributed by atoms with E-state index < -0.39 is 4.92 Å². The predicted octanol–water partition coefficient (Wildman–Crippen LogP) is 5.82. The number of carbonyl (C=O) groups excluding carboxylic acids is 1. The zero-order valence-corrected chi connectivity index (χ0v) is 18.1. The number of nitrogens with zero attached hydrogens (tertiary/aromatic N) is 3. The van der Waals surface area contributed by atoms with Crippen LogP contribution in [0, 0.1) is 10.1 Å². The van der Waals surface area contributed by atoms with Gasteiger partial charge >= 0.3 is 0 Å². The van der Waals surface area contributed by atoms with Gasteiger partial charge in [-0.3, -0.25) is 14.9 Å². The van der Waals surface area contributed by atoms with Crippen molar-refractivity contribution in [3.8, 4) is 16.9 Å². The highest BCUT2D eigenvalue weighted by atomic mass is 35.5. The first-order chi connectivity index (χ1) is 14.9. The van der Waals surface area contributed by atoms with Gasteiger partial charge in [-0.25, -0.2) is 4.68 Å². The number of halogens is 2. The van der Waals surface area contributed by atoms with Crippen molar-refractivity contribution >= 4 is 34.8 Å². The molecule has 1 amide bonds. The van der Waals surface area contributed by atoms with Crippen LogP contribution < -0.4 is 5.32 Å². The normalized spacial score (nSPS) is 14.4. The van der Waals surface area contributed by atoms with Crippen LogP contribution in [0.4, 0.5) is 5.69 Å². The molecule has 4 rings (SSSR count). The minimum Gasteiger partial charge on any atom is -0.348 e. The van der Waals surface area contributed by atoms with E-state index in [4.69, 9.17) is 23.2 Å². The van der Waals surface area contributed by atoms with Crippen LogP contribution >= 0.6 is 23.2 Å². The topological polar surface area (TPSA) is 90.1 Å². The van der Waals surface area contributed by atoms with E-state index in [9.17, 15) is 14.9 Å². The monoisotopic (exact) mass is 458 g/mol. The Morgan fingerprint density at radius 3 is 2.39 bits per heavy atom. The van der Waals surface area contributed by atoms with Gasteiger partial charge in [0.25, 0.3) is 11.6 Å². The number of carbonyl (C=O) groups is 1. The minimum atomic E-state index is -0.457. The first-order valence-electron chi connectivity index (χ1n) is 10.0. The summed E-state index contributed by atoms with van der Waals surface area (Å²) < 4.78 is 1.52. The van der Waals surface area contributed by atoms with Crippen LogP contribution in [0.5, 0.6) is 0 Å². The average Bonchev–Trinajstić information content (AvgIpc) is 3.22. The van der Waals surface area contributed by atoms with E-state index in [-0.39, 0.29) is 17.6 Å². The molecule has 0 spiro atoms. The number of non-ortho nitro benzene ring substituents is 1. The number of nitro groups is 1. The zero-order valence-electron chi connectivity index (χ0n) is 16.6. The summed E-state index contributed by atoms with van der Waals surface area (Å²) in [4.78, 5) is 23.6. The van der Waals surface area contributed by atoms with E-state index >= 15 is 0 Å². The number of hydrogen-bond donors (Lipinski definition) is 1. The third-order valence-electron chi connectivity index (χ3n) is 5.40. The first-order valence-corrected chi connectivity index (χ1v) is 10.8. The fourth-order valence-corrected chi connectivity index (χ4v) is 4.05. The van der Waals surface area contributed by atoms with Gasteiger partial charge < -0.3 is 5.32 Å². The molecule has 1 aliphatic rings. The molecule has 1 saturated carbocycles. The molecule has 7 nitrogen and oxygen atoms in total. The Balaban J connectivity index is 1.72.